The van der Waals surface area contributed by atoms with E-state index in [2.05, 4.69) is 4.98 Å². The number of primary amides is 1. The third-order valence-corrected chi connectivity index (χ3v) is 1.49. The number of nitrogens with zero attached hydrogens (tertiary/aromatic N) is 1. The summed E-state index contributed by atoms with van der Waals surface area (Å²) in [4.78, 5) is 14.5. The van der Waals surface area contributed by atoms with Gasteiger partial charge in [0.05, 0.1) is 17.9 Å². The number of amides is 1. The normalized spacial score (nSPS) is 12.1. The minimum absolute atomic E-state index is 0.157. The van der Waals surface area contributed by atoms with Gasteiger partial charge in [-0.15, -0.1) is 0 Å². The molecule has 1 atom stereocenters. The number of carbonyl (C=O) groups excluding carboxylic acids is 1. The van der Waals surface area contributed by atoms with Crippen molar-refractivity contribution in [1.29, 1.82) is 0 Å². The summed E-state index contributed by atoms with van der Waals surface area (Å²) in [5.41, 5.74) is 5.34. The van der Waals surface area contributed by atoms with Gasteiger partial charge in [0.2, 0.25) is 5.91 Å². The molecule has 3 N–H and O–H groups in total. The standard InChI is InChI=1S/C9H12N2O3/c1-6(12)5-14-8-2-7(9(10)13)3-11-4-8/h2-4,6,12H,5H2,1H3,(H2,10,13). The maximum absolute atomic E-state index is 10.8. The zero-order valence-electron chi connectivity index (χ0n) is 7.80. The zero-order valence-corrected chi connectivity index (χ0v) is 7.80. The van der Waals surface area contributed by atoms with Crippen molar-refractivity contribution < 1.29 is 14.6 Å². The largest absolute Gasteiger partial charge is 0.489 e. The maximum Gasteiger partial charge on any atom is 0.250 e. The van der Waals surface area contributed by atoms with Gasteiger partial charge in [-0.05, 0) is 13.0 Å². The number of rotatable bonds is 4. The van der Waals surface area contributed by atoms with Gasteiger partial charge in [0.1, 0.15) is 12.4 Å². The Hall–Kier alpha value is -1.62. The summed E-state index contributed by atoms with van der Waals surface area (Å²) in [7, 11) is 0. The fourth-order valence-corrected chi connectivity index (χ4v) is 0.849. The van der Waals surface area contributed by atoms with Gasteiger partial charge in [0.25, 0.3) is 0 Å². The van der Waals surface area contributed by atoms with Crippen molar-refractivity contribution in [3.8, 4) is 5.75 Å². The molecule has 1 aromatic heterocycles. The van der Waals surface area contributed by atoms with E-state index in [1.54, 1.807) is 6.92 Å². The molecule has 0 aliphatic heterocycles. The highest BCUT2D eigenvalue weighted by atomic mass is 16.5. The summed E-state index contributed by atoms with van der Waals surface area (Å²) >= 11 is 0. The van der Waals surface area contributed by atoms with E-state index in [1.807, 2.05) is 0 Å². The molecule has 5 nitrogen and oxygen atoms in total. The number of ether oxygens (including phenoxy) is 1. The summed E-state index contributed by atoms with van der Waals surface area (Å²) in [6, 6.07) is 1.48. The Balaban J connectivity index is 2.69. The first kappa shape index (κ1) is 10.5. The maximum atomic E-state index is 10.8. The van der Waals surface area contributed by atoms with E-state index in [1.165, 1.54) is 18.5 Å². The first-order valence-corrected chi connectivity index (χ1v) is 4.15. The van der Waals surface area contributed by atoms with E-state index in [9.17, 15) is 4.79 Å². The summed E-state index contributed by atoms with van der Waals surface area (Å²) in [5, 5.41) is 8.96. The zero-order chi connectivity index (χ0) is 10.6. The van der Waals surface area contributed by atoms with Gasteiger partial charge < -0.3 is 15.6 Å². The molecule has 0 aromatic carbocycles. The molecule has 0 aliphatic carbocycles. The van der Waals surface area contributed by atoms with Crippen molar-refractivity contribution in [1.82, 2.24) is 4.98 Å². The highest BCUT2D eigenvalue weighted by Gasteiger charge is 2.03. The average molecular weight is 196 g/mol. The van der Waals surface area contributed by atoms with Crippen molar-refractivity contribution in [2.24, 2.45) is 5.73 Å². The molecule has 0 radical (unpaired) electrons. The lowest BCUT2D eigenvalue weighted by Crippen LogP contribution is -2.14. The third kappa shape index (κ3) is 3.02. The van der Waals surface area contributed by atoms with Crippen LogP contribution in [0.3, 0.4) is 0 Å². The van der Waals surface area contributed by atoms with Crippen LogP contribution in [0.15, 0.2) is 18.5 Å². The van der Waals surface area contributed by atoms with Gasteiger partial charge >= 0.3 is 0 Å². The lowest BCUT2D eigenvalue weighted by atomic mass is 10.3. The highest BCUT2D eigenvalue weighted by Crippen LogP contribution is 2.10. The SMILES string of the molecule is CC(O)COc1cncc(C(N)=O)c1. The Morgan fingerprint density at radius 1 is 1.71 bits per heavy atom. The predicted octanol–water partition coefficient (Wildman–Crippen LogP) is -0.0599. The van der Waals surface area contributed by atoms with Crippen molar-refractivity contribution in [3.63, 3.8) is 0 Å². The van der Waals surface area contributed by atoms with Crippen molar-refractivity contribution in [2.75, 3.05) is 6.61 Å². The highest BCUT2D eigenvalue weighted by molar-refractivity contribution is 5.92. The van der Waals surface area contributed by atoms with Crippen LogP contribution in [-0.4, -0.2) is 28.7 Å². The quantitative estimate of drug-likeness (QED) is 0.706. The third-order valence-electron chi connectivity index (χ3n) is 1.49. The van der Waals surface area contributed by atoms with Crippen molar-refractivity contribution >= 4 is 5.91 Å². The number of nitrogens with two attached hydrogens (primary N) is 1. The summed E-state index contributed by atoms with van der Waals surface area (Å²) in [6.45, 7) is 1.76. The lowest BCUT2D eigenvalue weighted by molar-refractivity contribution is 0.0998. The van der Waals surface area contributed by atoms with Gasteiger partial charge in [-0.1, -0.05) is 0 Å². The Labute approximate surface area is 81.5 Å². The second kappa shape index (κ2) is 4.57. The first-order valence-electron chi connectivity index (χ1n) is 4.15. The molecule has 1 amide bonds. The number of aliphatic hydroxyl groups excluding tert-OH is 1. The van der Waals surface area contributed by atoms with Crippen molar-refractivity contribution in [2.45, 2.75) is 13.0 Å². The van der Waals surface area contributed by atoms with E-state index in [0.29, 0.717) is 5.75 Å². The number of aromatic nitrogens is 1. The molecule has 1 rings (SSSR count). The topological polar surface area (TPSA) is 85.4 Å². The Morgan fingerprint density at radius 2 is 2.43 bits per heavy atom. The minimum Gasteiger partial charge on any atom is -0.489 e. The number of hydrogen-bond acceptors (Lipinski definition) is 4. The molecule has 1 heterocycles. The van der Waals surface area contributed by atoms with Gasteiger partial charge in [0.15, 0.2) is 0 Å². The molecular formula is C9H12N2O3. The molecule has 1 aromatic rings. The number of pyridine rings is 1. The van der Waals surface area contributed by atoms with E-state index >= 15 is 0 Å². The van der Waals surface area contributed by atoms with Crippen LogP contribution in [-0.2, 0) is 0 Å². The molecular weight excluding hydrogens is 184 g/mol. The lowest BCUT2D eigenvalue weighted by Gasteiger charge is -2.07. The molecule has 1 unspecified atom stereocenters. The second-order valence-electron chi connectivity index (χ2n) is 2.93. The van der Waals surface area contributed by atoms with E-state index < -0.39 is 12.0 Å². The fraction of sp³-hybridized carbons (Fsp3) is 0.333. The van der Waals surface area contributed by atoms with Crippen LogP contribution in [0.25, 0.3) is 0 Å². The second-order valence-corrected chi connectivity index (χ2v) is 2.93. The number of hydrogen-bond donors (Lipinski definition) is 2. The molecule has 0 bridgehead atoms. The number of aliphatic hydroxyl groups is 1. The van der Waals surface area contributed by atoms with Crippen LogP contribution in [0.5, 0.6) is 5.75 Å². The predicted molar refractivity (Wildman–Crippen MR) is 49.9 cm³/mol. The smallest absolute Gasteiger partial charge is 0.250 e. The van der Waals surface area contributed by atoms with Gasteiger partial charge in [-0.25, -0.2) is 0 Å². The Bertz CT molecular complexity index is 326. The van der Waals surface area contributed by atoms with E-state index in [0.717, 1.165) is 0 Å². The van der Waals surface area contributed by atoms with Crippen LogP contribution in [0.4, 0.5) is 0 Å². The van der Waals surface area contributed by atoms with Gasteiger partial charge in [0, 0.05) is 6.20 Å². The van der Waals surface area contributed by atoms with Gasteiger partial charge in [-0.3, -0.25) is 9.78 Å². The molecule has 0 saturated carbocycles. The molecule has 0 fully saturated rings. The summed E-state index contributed by atoms with van der Waals surface area (Å²) in [6.07, 6.45) is 2.25. The van der Waals surface area contributed by atoms with Gasteiger partial charge in [-0.2, -0.15) is 0 Å². The molecule has 5 heteroatoms. The van der Waals surface area contributed by atoms with E-state index in [4.69, 9.17) is 15.6 Å². The fourth-order valence-electron chi connectivity index (χ4n) is 0.849. The van der Waals surface area contributed by atoms with Crippen LogP contribution in [0.1, 0.15) is 17.3 Å². The molecule has 0 spiro atoms. The Kier molecular flexibility index (Phi) is 3.41. The molecule has 0 saturated heterocycles. The number of carbonyl (C=O) groups is 1. The molecule has 76 valence electrons. The van der Waals surface area contributed by atoms with Crippen LogP contribution >= 0.6 is 0 Å². The molecule has 0 aliphatic rings. The first-order chi connectivity index (χ1) is 6.59. The molecule has 14 heavy (non-hydrogen) atoms. The summed E-state index contributed by atoms with van der Waals surface area (Å²) in [5.74, 6) is -0.137. The van der Waals surface area contributed by atoms with Crippen LogP contribution < -0.4 is 10.5 Å². The monoisotopic (exact) mass is 196 g/mol. The van der Waals surface area contributed by atoms with Crippen molar-refractivity contribution in [3.05, 3.63) is 24.0 Å². The Morgan fingerprint density at radius 3 is 3.00 bits per heavy atom. The van der Waals surface area contributed by atoms with Crippen LogP contribution in [0, 0.1) is 0 Å². The van der Waals surface area contributed by atoms with E-state index in [-0.39, 0.29) is 12.2 Å². The van der Waals surface area contributed by atoms with Crippen LogP contribution in [0.2, 0.25) is 0 Å². The average Bonchev–Trinajstić information content (AvgIpc) is 2.15. The summed E-state index contributed by atoms with van der Waals surface area (Å²) < 4.78 is 5.14. The minimum atomic E-state index is -0.563.